The molecule has 1 aliphatic carbocycles. The van der Waals surface area contributed by atoms with Crippen molar-refractivity contribution < 1.29 is 9.90 Å². The highest BCUT2D eigenvalue weighted by Gasteiger charge is 2.43. The van der Waals surface area contributed by atoms with Crippen molar-refractivity contribution in [2.45, 2.75) is 44.6 Å². The minimum absolute atomic E-state index is 0.0647. The van der Waals surface area contributed by atoms with Crippen molar-refractivity contribution in [3.8, 4) is 0 Å². The molecule has 2 atom stereocenters. The zero-order valence-corrected chi connectivity index (χ0v) is 11.9. The summed E-state index contributed by atoms with van der Waals surface area (Å²) in [5, 5.41) is 10.6. The molecule has 0 aromatic carbocycles. The largest absolute Gasteiger partial charge is 0.389 e. The lowest BCUT2D eigenvalue weighted by Crippen LogP contribution is -2.54. The molecule has 5 heteroatoms. The number of likely N-dealkylation sites (tertiary alicyclic amines) is 1. The van der Waals surface area contributed by atoms with Crippen LogP contribution < -0.4 is 0 Å². The third kappa shape index (κ3) is 2.42. The summed E-state index contributed by atoms with van der Waals surface area (Å²) in [6.07, 6.45) is 7.99. The van der Waals surface area contributed by atoms with Crippen LogP contribution in [0, 0.1) is 12.8 Å². The van der Waals surface area contributed by atoms with E-state index in [4.69, 9.17) is 0 Å². The molecular weight excluding hydrogens is 254 g/mol. The predicted octanol–water partition coefficient (Wildman–Crippen LogP) is 1.55. The van der Waals surface area contributed by atoms with Crippen LogP contribution in [0.4, 0.5) is 0 Å². The van der Waals surface area contributed by atoms with Gasteiger partial charge < -0.3 is 10.0 Å². The molecule has 5 nitrogen and oxygen atoms in total. The first-order valence-electron chi connectivity index (χ1n) is 7.39. The van der Waals surface area contributed by atoms with Crippen molar-refractivity contribution in [1.82, 2.24) is 14.9 Å². The number of hydrogen-bond donors (Lipinski definition) is 1. The van der Waals surface area contributed by atoms with Gasteiger partial charge >= 0.3 is 0 Å². The van der Waals surface area contributed by atoms with Crippen LogP contribution in [0.2, 0.25) is 0 Å². The van der Waals surface area contributed by atoms with Gasteiger partial charge in [-0.3, -0.25) is 9.78 Å². The fourth-order valence-electron chi connectivity index (χ4n) is 3.42. The lowest BCUT2D eigenvalue weighted by molar-refractivity contribution is -0.0886. The Bertz CT molecular complexity index is 502. The monoisotopic (exact) mass is 275 g/mol. The second-order valence-corrected chi connectivity index (χ2v) is 6.09. The number of aliphatic hydroxyl groups is 1. The van der Waals surface area contributed by atoms with Gasteiger partial charge in [-0.25, -0.2) is 4.98 Å². The second-order valence-electron chi connectivity index (χ2n) is 6.09. The fraction of sp³-hybridized carbons (Fsp3) is 0.667. The number of nitrogens with zero attached hydrogens (tertiary/aromatic N) is 3. The van der Waals surface area contributed by atoms with Crippen LogP contribution in [0.5, 0.6) is 0 Å². The van der Waals surface area contributed by atoms with E-state index in [0.717, 1.165) is 31.4 Å². The molecule has 1 amide bonds. The summed E-state index contributed by atoms with van der Waals surface area (Å²) in [5.74, 6) is 0.150. The van der Waals surface area contributed by atoms with Crippen molar-refractivity contribution in [2.24, 2.45) is 5.92 Å². The maximum atomic E-state index is 12.4. The van der Waals surface area contributed by atoms with Crippen molar-refractivity contribution in [3.05, 3.63) is 23.8 Å². The van der Waals surface area contributed by atoms with Crippen LogP contribution in [0.25, 0.3) is 0 Å². The van der Waals surface area contributed by atoms with Crippen LogP contribution in [0.1, 0.15) is 48.3 Å². The Morgan fingerprint density at radius 3 is 2.95 bits per heavy atom. The molecule has 0 radical (unpaired) electrons. The van der Waals surface area contributed by atoms with Gasteiger partial charge in [0.05, 0.1) is 17.5 Å². The third-order valence-electron chi connectivity index (χ3n) is 4.71. The van der Waals surface area contributed by atoms with E-state index in [2.05, 4.69) is 9.97 Å². The molecule has 3 rings (SSSR count). The number of fused-ring (bicyclic) bond motifs is 1. The summed E-state index contributed by atoms with van der Waals surface area (Å²) in [5.41, 5.74) is 0.659. The van der Waals surface area contributed by atoms with Crippen molar-refractivity contribution in [2.75, 3.05) is 13.1 Å². The Balaban J connectivity index is 1.72. The molecule has 2 aliphatic rings. The van der Waals surface area contributed by atoms with Gasteiger partial charge in [0.1, 0.15) is 5.69 Å². The summed E-state index contributed by atoms with van der Waals surface area (Å²) in [6, 6.07) is 0. The summed E-state index contributed by atoms with van der Waals surface area (Å²) in [6.45, 7) is 3.11. The molecule has 1 saturated carbocycles. The normalized spacial score (nSPS) is 29.9. The van der Waals surface area contributed by atoms with E-state index in [1.807, 2.05) is 11.8 Å². The lowest BCUT2D eigenvalue weighted by Gasteiger charge is -2.47. The van der Waals surface area contributed by atoms with Crippen LogP contribution in [-0.2, 0) is 0 Å². The standard InChI is InChI=1S/C15H21N3O2/c1-11-8-17-13(9-16-11)14(19)18-7-6-15(20)5-3-2-4-12(15)10-18/h8-9,12,20H,2-7,10H2,1H3. The molecule has 0 spiro atoms. The molecule has 108 valence electrons. The summed E-state index contributed by atoms with van der Waals surface area (Å²) < 4.78 is 0. The molecule has 0 bridgehead atoms. The SMILES string of the molecule is Cc1cnc(C(=O)N2CCC3(O)CCCCC3C2)cn1. The quantitative estimate of drug-likeness (QED) is 0.844. The average molecular weight is 275 g/mol. The van der Waals surface area contributed by atoms with Gasteiger partial charge in [0.15, 0.2) is 0 Å². The van der Waals surface area contributed by atoms with Crippen LogP contribution in [0.3, 0.4) is 0 Å². The number of aryl methyl sites for hydroxylation is 1. The molecule has 2 fully saturated rings. The molecule has 20 heavy (non-hydrogen) atoms. The van der Waals surface area contributed by atoms with Gasteiger partial charge in [0.25, 0.3) is 5.91 Å². The van der Waals surface area contributed by atoms with Gasteiger partial charge in [0, 0.05) is 25.2 Å². The molecule has 1 N–H and O–H groups in total. The number of amides is 1. The number of aromatic nitrogens is 2. The number of carbonyl (C=O) groups is 1. The molecule has 2 heterocycles. The van der Waals surface area contributed by atoms with Crippen molar-refractivity contribution in [3.63, 3.8) is 0 Å². The van der Waals surface area contributed by atoms with E-state index in [1.54, 1.807) is 12.4 Å². The Kier molecular flexibility index (Phi) is 3.46. The third-order valence-corrected chi connectivity index (χ3v) is 4.71. The van der Waals surface area contributed by atoms with Gasteiger partial charge in [-0.15, -0.1) is 0 Å². The molecule has 1 saturated heterocycles. The fourth-order valence-corrected chi connectivity index (χ4v) is 3.42. The zero-order valence-electron chi connectivity index (χ0n) is 11.9. The minimum atomic E-state index is -0.548. The lowest BCUT2D eigenvalue weighted by atomic mass is 9.71. The topological polar surface area (TPSA) is 66.3 Å². The first-order chi connectivity index (χ1) is 9.58. The second kappa shape index (κ2) is 5.13. The van der Waals surface area contributed by atoms with Crippen LogP contribution in [0.15, 0.2) is 12.4 Å². The van der Waals surface area contributed by atoms with E-state index in [0.29, 0.717) is 25.2 Å². The maximum absolute atomic E-state index is 12.4. The smallest absolute Gasteiger partial charge is 0.274 e. The number of hydrogen-bond acceptors (Lipinski definition) is 4. The van der Waals surface area contributed by atoms with Gasteiger partial charge in [-0.05, 0) is 26.2 Å². The maximum Gasteiger partial charge on any atom is 0.274 e. The van der Waals surface area contributed by atoms with E-state index in [1.165, 1.54) is 0 Å². The highest BCUT2D eigenvalue weighted by atomic mass is 16.3. The number of carbonyl (C=O) groups excluding carboxylic acids is 1. The summed E-state index contributed by atoms with van der Waals surface area (Å²) in [4.78, 5) is 22.5. The van der Waals surface area contributed by atoms with E-state index < -0.39 is 5.60 Å². The Morgan fingerprint density at radius 1 is 1.35 bits per heavy atom. The van der Waals surface area contributed by atoms with Gasteiger partial charge in [-0.1, -0.05) is 12.8 Å². The van der Waals surface area contributed by atoms with Crippen LogP contribution in [-0.4, -0.2) is 44.6 Å². The van der Waals surface area contributed by atoms with E-state index >= 15 is 0 Å². The Morgan fingerprint density at radius 2 is 2.20 bits per heavy atom. The first-order valence-corrected chi connectivity index (χ1v) is 7.39. The average Bonchev–Trinajstić information content (AvgIpc) is 2.46. The van der Waals surface area contributed by atoms with Gasteiger partial charge in [-0.2, -0.15) is 0 Å². The molecule has 1 aliphatic heterocycles. The van der Waals surface area contributed by atoms with Crippen molar-refractivity contribution >= 4 is 5.91 Å². The Hall–Kier alpha value is -1.49. The highest BCUT2D eigenvalue weighted by Crippen LogP contribution is 2.39. The molecular formula is C15H21N3O2. The molecule has 2 unspecified atom stereocenters. The van der Waals surface area contributed by atoms with Crippen molar-refractivity contribution in [1.29, 1.82) is 0 Å². The highest BCUT2D eigenvalue weighted by molar-refractivity contribution is 5.92. The summed E-state index contributed by atoms with van der Waals surface area (Å²) >= 11 is 0. The zero-order chi connectivity index (χ0) is 14.2. The van der Waals surface area contributed by atoms with Gasteiger partial charge in [0.2, 0.25) is 0 Å². The Labute approximate surface area is 119 Å². The van der Waals surface area contributed by atoms with E-state index in [9.17, 15) is 9.90 Å². The molecule has 1 aromatic heterocycles. The first kappa shape index (κ1) is 13.5. The summed E-state index contributed by atoms with van der Waals surface area (Å²) in [7, 11) is 0. The van der Waals surface area contributed by atoms with Crippen LogP contribution >= 0.6 is 0 Å². The number of rotatable bonds is 1. The minimum Gasteiger partial charge on any atom is -0.389 e. The predicted molar refractivity (Wildman–Crippen MR) is 74.2 cm³/mol. The molecule has 1 aromatic rings. The van der Waals surface area contributed by atoms with E-state index in [-0.39, 0.29) is 11.8 Å². The number of piperidine rings is 1.